The zero-order valence-corrected chi connectivity index (χ0v) is 13.2. The molecule has 1 fully saturated rings. The Hall–Kier alpha value is -2.28. The summed E-state index contributed by atoms with van der Waals surface area (Å²) in [6, 6.07) is 5.76. The Morgan fingerprint density at radius 1 is 1.26 bits per heavy atom. The third-order valence-corrected chi connectivity index (χ3v) is 4.32. The molecule has 2 heterocycles. The lowest BCUT2D eigenvalue weighted by Crippen LogP contribution is -3.11. The summed E-state index contributed by atoms with van der Waals surface area (Å²) in [4.78, 5) is 24.3. The molecule has 0 spiro atoms. The second-order valence-corrected chi connectivity index (χ2v) is 5.81. The van der Waals surface area contributed by atoms with Crippen molar-refractivity contribution in [3.05, 3.63) is 23.8 Å². The number of rotatable bonds is 3. The van der Waals surface area contributed by atoms with Crippen molar-refractivity contribution < 1.29 is 24.0 Å². The van der Waals surface area contributed by atoms with Crippen LogP contribution in [0.25, 0.3) is 0 Å². The molecular formula is C16H22N3O4+. The number of quaternary nitrogens is 1. The molecule has 0 aliphatic carbocycles. The van der Waals surface area contributed by atoms with Gasteiger partial charge in [0.15, 0.2) is 18.0 Å². The number of hydrogen-bond acceptors (Lipinski definition) is 4. The van der Waals surface area contributed by atoms with Crippen molar-refractivity contribution >= 4 is 11.9 Å². The van der Waals surface area contributed by atoms with Gasteiger partial charge >= 0.3 is 6.03 Å². The van der Waals surface area contributed by atoms with Crippen LogP contribution in [0.3, 0.4) is 0 Å². The molecule has 2 aliphatic rings. The number of hydrogen-bond donors (Lipinski definition) is 3. The van der Waals surface area contributed by atoms with E-state index < -0.39 is 6.03 Å². The third kappa shape index (κ3) is 3.56. The number of imide groups is 1. The summed E-state index contributed by atoms with van der Waals surface area (Å²) < 4.78 is 11.2. The molecule has 1 saturated heterocycles. The van der Waals surface area contributed by atoms with Crippen molar-refractivity contribution in [2.75, 3.05) is 33.4 Å². The van der Waals surface area contributed by atoms with Gasteiger partial charge in [-0.15, -0.1) is 0 Å². The van der Waals surface area contributed by atoms with Gasteiger partial charge in [-0.1, -0.05) is 0 Å². The lowest BCUT2D eigenvalue weighted by molar-refractivity contribution is -0.910. The van der Waals surface area contributed by atoms with Crippen LogP contribution in [0.4, 0.5) is 4.79 Å². The minimum Gasteiger partial charge on any atom is -0.486 e. The molecule has 7 nitrogen and oxygen atoms in total. The van der Waals surface area contributed by atoms with E-state index >= 15 is 0 Å². The maximum absolute atomic E-state index is 11.9. The van der Waals surface area contributed by atoms with Crippen LogP contribution in [0, 0.1) is 0 Å². The number of fused-ring (bicyclic) bond motifs is 1. The Bertz CT molecular complexity index is 605. The summed E-state index contributed by atoms with van der Waals surface area (Å²) in [5.74, 6) is 1.29. The molecule has 2 atom stereocenters. The zero-order chi connectivity index (χ0) is 16.2. The molecule has 3 rings (SSSR count). The summed E-state index contributed by atoms with van der Waals surface area (Å²) in [5.41, 5.74) is 1.15. The molecule has 0 bridgehead atoms. The number of urea groups is 1. The molecule has 3 amide bonds. The van der Waals surface area contributed by atoms with Crippen molar-refractivity contribution in [2.24, 2.45) is 0 Å². The van der Waals surface area contributed by atoms with Crippen LogP contribution in [0.5, 0.6) is 11.5 Å². The standard InChI is InChI=1S/C16H21N3O4/c1-17-16(21)18-15(20)10-19-6-2-3-12(19)11-4-5-13-14(9-11)23-8-7-22-13/h4-5,9,12H,2-3,6-8,10H2,1H3,(H2,17,18,20,21)/p+1/t12-/m1/s1. The first-order valence-corrected chi connectivity index (χ1v) is 7.93. The second kappa shape index (κ2) is 6.87. The summed E-state index contributed by atoms with van der Waals surface area (Å²) in [6.07, 6.45) is 2.07. The number of likely N-dealkylation sites (tertiary alicyclic amines) is 1. The number of carbonyl (C=O) groups is 2. The Morgan fingerprint density at radius 2 is 2.04 bits per heavy atom. The van der Waals surface area contributed by atoms with Crippen molar-refractivity contribution in [3.63, 3.8) is 0 Å². The second-order valence-electron chi connectivity index (χ2n) is 5.81. The number of nitrogens with one attached hydrogen (secondary N) is 3. The Kier molecular flexibility index (Phi) is 4.66. The van der Waals surface area contributed by atoms with Crippen LogP contribution >= 0.6 is 0 Å². The van der Waals surface area contributed by atoms with Crippen LogP contribution in [0.15, 0.2) is 18.2 Å². The SMILES string of the molecule is CNC(=O)NC(=O)C[NH+]1CCC[C@@H]1c1ccc2c(c1)OCCO2. The minimum atomic E-state index is -0.468. The number of benzene rings is 1. The van der Waals surface area contributed by atoms with E-state index in [4.69, 9.17) is 9.47 Å². The van der Waals surface area contributed by atoms with Gasteiger partial charge in [0.05, 0.1) is 6.54 Å². The van der Waals surface area contributed by atoms with Gasteiger partial charge in [0, 0.05) is 25.5 Å². The topological polar surface area (TPSA) is 81.1 Å². The van der Waals surface area contributed by atoms with Crippen LogP contribution in [0.1, 0.15) is 24.4 Å². The van der Waals surface area contributed by atoms with Gasteiger partial charge in [-0.25, -0.2) is 4.79 Å². The summed E-state index contributed by atoms with van der Waals surface area (Å²) in [5, 5.41) is 4.71. The highest BCUT2D eigenvalue weighted by atomic mass is 16.6. The highest BCUT2D eigenvalue weighted by molar-refractivity contribution is 5.94. The average Bonchev–Trinajstić information content (AvgIpc) is 3.02. The van der Waals surface area contributed by atoms with E-state index in [9.17, 15) is 9.59 Å². The zero-order valence-electron chi connectivity index (χ0n) is 13.2. The highest BCUT2D eigenvalue weighted by Gasteiger charge is 2.32. The molecule has 0 aromatic heterocycles. The van der Waals surface area contributed by atoms with Crippen LogP contribution in [0.2, 0.25) is 0 Å². The Labute approximate surface area is 134 Å². The Balaban J connectivity index is 1.69. The highest BCUT2D eigenvalue weighted by Crippen LogP contribution is 2.33. The summed E-state index contributed by atoms with van der Waals surface area (Å²) >= 11 is 0. The van der Waals surface area contributed by atoms with Crippen molar-refractivity contribution in [3.8, 4) is 11.5 Å². The average molecular weight is 320 g/mol. The minimum absolute atomic E-state index is 0.237. The first-order chi connectivity index (χ1) is 11.2. The molecule has 2 aliphatic heterocycles. The molecule has 1 aromatic rings. The van der Waals surface area contributed by atoms with E-state index in [-0.39, 0.29) is 18.5 Å². The molecule has 1 aromatic carbocycles. The normalized spacial score (nSPS) is 22.5. The molecular weight excluding hydrogens is 298 g/mol. The maximum Gasteiger partial charge on any atom is 0.321 e. The van der Waals surface area contributed by atoms with Gasteiger partial charge in [-0.05, 0) is 18.2 Å². The van der Waals surface area contributed by atoms with Crippen molar-refractivity contribution in [2.45, 2.75) is 18.9 Å². The predicted molar refractivity (Wildman–Crippen MR) is 82.7 cm³/mol. The lowest BCUT2D eigenvalue weighted by atomic mass is 10.0. The first kappa shape index (κ1) is 15.6. The maximum atomic E-state index is 11.9. The molecule has 3 N–H and O–H groups in total. The monoisotopic (exact) mass is 320 g/mol. The lowest BCUT2D eigenvalue weighted by Gasteiger charge is -2.23. The number of ether oxygens (including phenoxy) is 2. The van der Waals surface area contributed by atoms with Gasteiger partial charge in [0.25, 0.3) is 5.91 Å². The van der Waals surface area contributed by atoms with E-state index in [1.165, 1.54) is 11.9 Å². The van der Waals surface area contributed by atoms with Gasteiger partial charge in [-0.3, -0.25) is 10.1 Å². The third-order valence-electron chi connectivity index (χ3n) is 4.32. The molecule has 1 unspecified atom stereocenters. The number of carbonyl (C=O) groups excluding carboxylic acids is 2. The fourth-order valence-electron chi connectivity index (χ4n) is 3.24. The molecule has 0 saturated carbocycles. The summed E-state index contributed by atoms with van der Waals surface area (Å²) in [7, 11) is 1.49. The van der Waals surface area contributed by atoms with E-state index in [1.54, 1.807) is 0 Å². The fourth-order valence-corrected chi connectivity index (χ4v) is 3.24. The van der Waals surface area contributed by atoms with Gasteiger partial charge in [-0.2, -0.15) is 0 Å². The molecule has 7 heteroatoms. The predicted octanol–water partition coefficient (Wildman–Crippen LogP) is -0.367. The Morgan fingerprint density at radius 3 is 2.83 bits per heavy atom. The molecule has 23 heavy (non-hydrogen) atoms. The largest absolute Gasteiger partial charge is 0.486 e. The van der Waals surface area contributed by atoms with Gasteiger partial charge in [0.2, 0.25) is 0 Å². The first-order valence-electron chi connectivity index (χ1n) is 7.93. The van der Waals surface area contributed by atoms with Crippen molar-refractivity contribution in [1.29, 1.82) is 0 Å². The van der Waals surface area contributed by atoms with E-state index in [1.807, 2.05) is 18.2 Å². The van der Waals surface area contributed by atoms with E-state index in [0.29, 0.717) is 13.2 Å². The van der Waals surface area contributed by atoms with Crippen molar-refractivity contribution in [1.82, 2.24) is 10.6 Å². The van der Waals surface area contributed by atoms with E-state index in [0.717, 1.165) is 36.4 Å². The van der Waals surface area contributed by atoms with E-state index in [2.05, 4.69) is 10.6 Å². The van der Waals surface area contributed by atoms with Crippen LogP contribution in [-0.2, 0) is 4.79 Å². The molecule has 0 radical (unpaired) electrons. The summed E-state index contributed by atoms with van der Waals surface area (Å²) in [6.45, 7) is 2.34. The number of amides is 3. The van der Waals surface area contributed by atoms with Crippen LogP contribution in [-0.4, -0.2) is 45.3 Å². The fraction of sp³-hybridized carbons (Fsp3) is 0.500. The van der Waals surface area contributed by atoms with Gasteiger partial charge in [0.1, 0.15) is 19.3 Å². The molecule has 124 valence electrons. The van der Waals surface area contributed by atoms with Crippen LogP contribution < -0.4 is 25.0 Å². The smallest absolute Gasteiger partial charge is 0.321 e. The van der Waals surface area contributed by atoms with Gasteiger partial charge < -0.3 is 19.7 Å². The quantitative estimate of drug-likeness (QED) is 0.710.